The van der Waals surface area contributed by atoms with Gasteiger partial charge in [0.05, 0.1) is 27.3 Å². The van der Waals surface area contributed by atoms with Gasteiger partial charge < -0.3 is 10.1 Å². The van der Waals surface area contributed by atoms with E-state index in [1.807, 2.05) is 0 Å². The van der Waals surface area contributed by atoms with Gasteiger partial charge in [0.2, 0.25) is 10.0 Å². The molecule has 1 aliphatic carbocycles. The zero-order chi connectivity index (χ0) is 23.1. The topological polar surface area (TPSA) is 116 Å². The third kappa shape index (κ3) is 5.23. The Morgan fingerprint density at radius 2 is 1.94 bits per heavy atom. The summed E-state index contributed by atoms with van der Waals surface area (Å²) < 4.78 is 28.9. The second-order valence-corrected chi connectivity index (χ2v) is 11.2. The summed E-state index contributed by atoms with van der Waals surface area (Å²) in [5.41, 5.74) is 1.10. The number of nitrogens with one attached hydrogen (secondary N) is 1. The summed E-state index contributed by atoms with van der Waals surface area (Å²) in [5.74, 6) is -0.728. The average Bonchev–Trinajstić information content (AvgIpc) is 2.96. The fraction of sp³-hybridized carbons (Fsp3) is 0.400. The van der Waals surface area contributed by atoms with Gasteiger partial charge in [-0.15, -0.1) is 11.3 Å². The standard InChI is InChI=1S/C20H22Cl2N2O5S2/c1-9(2)29-20(26)17-11-5-4-10(3)6-15(11)30-19(17)24-18(25)12-7-16(31(23,27)28)14(22)8-13(12)21/h7-10H,4-6H2,1-3H3,(H,24,25)(H2,23,27,28). The zero-order valence-corrected chi connectivity index (χ0v) is 20.3. The Balaban J connectivity index is 2.03. The number of ether oxygens (including phenoxy) is 1. The Hall–Kier alpha value is -1.65. The first-order chi connectivity index (χ1) is 14.4. The van der Waals surface area contributed by atoms with Crippen molar-refractivity contribution in [1.29, 1.82) is 0 Å². The molecule has 1 aromatic heterocycles. The lowest BCUT2D eigenvalue weighted by Gasteiger charge is -2.19. The van der Waals surface area contributed by atoms with Gasteiger partial charge in [-0.1, -0.05) is 30.1 Å². The highest BCUT2D eigenvalue weighted by Crippen LogP contribution is 2.40. The quantitative estimate of drug-likeness (QED) is 0.575. The summed E-state index contributed by atoms with van der Waals surface area (Å²) in [6, 6.07) is 2.17. The summed E-state index contributed by atoms with van der Waals surface area (Å²) in [5, 5.41) is 7.99. The maximum absolute atomic E-state index is 13.0. The third-order valence-electron chi connectivity index (χ3n) is 4.86. The molecule has 0 fully saturated rings. The van der Waals surface area contributed by atoms with E-state index in [0.29, 0.717) is 22.9 Å². The molecule has 2 aromatic rings. The number of fused-ring (bicyclic) bond motifs is 1. The molecule has 3 N–H and O–H groups in total. The summed E-state index contributed by atoms with van der Waals surface area (Å²) in [4.78, 5) is 26.4. The van der Waals surface area contributed by atoms with Crippen LogP contribution in [0.4, 0.5) is 5.00 Å². The molecule has 1 atom stereocenters. The fourth-order valence-electron chi connectivity index (χ4n) is 3.42. The van der Waals surface area contributed by atoms with Crippen LogP contribution >= 0.6 is 34.5 Å². The maximum atomic E-state index is 13.0. The van der Waals surface area contributed by atoms with Crippen molar-refractivity contribution in [3.8, 4) is 0 Å². The number of primary sulfonamides is 1. The number of thiophene rings is 1. The molecule has 0 saturated carbocycles. The Morgan fingerprint density at radius 3 is 2.55 bits per heavy atom. The number of esters is 1. The highest BCUT2D eigenvalue weighted by molar-refractivity contribution is 7.89. The molecule has 0 spiro atoms. The van der Waals surface area contributed by atoms with Crippen molar-refractivity contribution >= 4 is 61.4 Å². The Morgan fingerprint density at radius 1 is 1.26 bits per heavy atom. The van der Waals surface area contributed by atoms with Crippen molar-refractivity contribution in [1.82, 2.24) is 0 Å². The van der Waals surface area contributed by atoms with Crippen molar-refractivity contribution < 1.29 is 22.7 Å². The van der Waals surface area contributed by atoms with Crippen LogP contribution in [0.3, 0.4) is 0 Å². The molecular weight excluding hydrogens is 483 g/mol. The van der Waals surface area contributed by atoms with Crippen molar-refractivity contribution in [3.63, 3.8) is 0 Å². The van der Waals surface area contributed by atoms with Crippen LogP contribution in [0.2, 0.25) is 10.0 Å². The van der Waals surface area contributed by atoms with E-state index in [9.17, 15) is 18.0 Å². The molecule has 31 heavy (non-hydrogen) atoms. The minimum absolute atomic E-state index is 0.0452. The van der Waals surface area contributed by atoms with Gasteiger partial charge >= 0.3 is 5.97 Å². The number of rotatable bonds is 5. The van der Waals surface area contributed by atoms with Crippen LogP contribution in [0.5, 0.6) is 0 Å². The SMILES string of the molecule is CC1CCc2c(sc(NC(=O)c3cc(S(N)(=O)=O)c(Cl)cc3Cl)c2C(=O)OC(C)C)C1. The van der Waals surface area contributed by atoms with Gasteiger partial charge in [0.1, 0.15) is 9.90 Å². The van der Waals surface area contributed by atoms with E-state index >= 15 is 0 Å². The molecule has 0 bridgehead atoms. The van der Waals surface area contributed by atoms with E-state index in [-0.39, 0.29) is 21.7 Å². The lowest BCUT2D eigenvalue weighted by atomic mass is 9.88. The highest BCUT2D eigenvalue weighted by Gasteiger charge is 2.30. The van der Waals surface area contributed by atoms with Gasteiger partial charge in [0.25, 0.3) is 5.91 Å². The predicted octanol–water partition coefficient (Wildman–Crippen LogP) is 4.64. The van der Waals surface area contributed by atoms with E-state index in [1.54, 1.807) is 13.8 Å². The number of amides is 1. The van der Waals surface area contributed by atoms with E-state index in [2.05, 4.69) is 12.2 Å². The summed E-state index contributed by atoms with van der Waals surface area (Å²) in [6.07, 6.45) is 2.12. The highest BCUT2D eigenvalue weighted by atomic mass is 35.5. The van der Waals surface area contributed by atoms with Gasteiger partial charge in [-0.2, -0.15) is 0 Å². The minimum atomic E-state index is -4.16. The normalized spacial score (nSPS) is 16.2. The number of anilines is 1. The minimum Gasteiger partial charge on any atom is -0.459 e. The van der Waals surface area contributed by atoms with Gasteiger partial charge in [-0.05, 0) is 56.7 Å². The van der Waals surface area contributed by atoms with Crippen molar-refractivity contribution in [2.75, 3.05) is 5.32 Å². The zero-order valence-electron chi connectivity index (χ0n) is 17.1. The first kappa shape index (κ1) is 24.0. The van der Waals surface area contributed by atoms with Gasteiger partial charge in [-0.25, -0.2) is 18.4 Å². The molecule has 1 aliphatic rings. The lowest BCUT2D eigenvalue weighted by Crippen LogP contribution is -2.19. The first-order valence-corrected chi connectivity index (χ1v) is 12.7. The number of sulfonamides is 1. The van der Waals surface area contributed by atoms with Crippen LogP contribution in [0.15, 0.2) is 17.0 Å². The number of benzene rings is 1. The molecule has 0 saturated heterocycles. The van der Waals surface area contributed by atoms with Crippen LogP contribution < -0.4 is 10.5 Å². The largest absolute Gasteiger partial charge is 0.459 e. The van der Waals surface area contributed by atoms with Crippen LogP contribution in [-0.2, 0) is 27.6 Å². The second-order valence-electron chi connectivity index (χ2n) is 7.77. The number of carbonyl (C=O) groups is 2. The Kier molecular flexibility index (Phi) is 7.02. The average molecular weight is 505 g/mol. The number of hydrogen-bond acceptors (Lipinski definition) is 6. The van der Waals surface area contributed by atoms with E-state index in [0.717, 1.165) is 35.4 Å². The molecule has 11 heteroatoms. The molecule has 1 amide bonds. The Bertz CT molecular complexity index is 1160. The van der Waals surface area contributed by atoms with Gasteiger partial charge in [-0.3, -0.25) is 4.79 Å². The Labute approximate surface area is 194 Å². The molecule has 1 unspecified atom stereocenters. The van der Waals surface area contributed by atoms with Gasteiger partial charge in [0, 0.05) is 4.88 Å². The molecule has 7 nitrogen and oxygen atoms in total. The number of nitrogens with two attached hydrogens (primary N) is 1. The number of halogens is 2. The molecule has 3 rings (SSSR count). The predicted molar refractivity (Wildman–Crippen MR) is 122 cm³/mol. The molecule has 0 radical (unpaired) electrons. The fourth-order valence-corrected chi connectivity index (χ4v) is 6.22. The van der Waals surface area contributed by atoms with Crippen molar-refractivity contribution in [2.24, 2.45) is 11.1 Å². The lowest BCUT2D eigenvalue weighted by molar-refractivity contribution is 0.0378. The van der Waals surface area contributed by atoms with Crippen LogP contribution in [0.1, 0.15) is 58.3 Å². The van der Waals surface area contributed by atoms with Gasteiger partial charge in [0.15, 0.2) is 0 Å². The van der Waals surface area contributed by atoms with Crippen molar-refractivity contribution in [3.05, 3.63) is 43.7 Å². The molecule has 168 valence electrons. The first-order valence-electron chi connectivity index (χ1n) is 9.57. The molecule has 1 heterocycles. The van der Waals surface area contributed by atoms with Crippen LogP contribution in [0, 0.1) is 5.92 Å². The number of hydrogen-bond donors (Lipinski definition) is 2. The molecule has 1 aromatic carbocycles. The summed E-state index contributed by atoms with van der Waals surface area (Å²) in [7, 11) is -4.16. The molecular formula is C20H22Cl2N2O5S2. The number of carbonyl (C=O) groups excluding carboxylic acids is 2. The van der Waals surface area contributed by atoms with Crippen LogP contribution in [-0.4, -0.2) is 26.4 Å². The second kappa shape index (κ2) is 9.07. The van der Waals surface area contributed by atoms with E-state index in [4.69, 9.17) is 33.1 Å². The van der Waals surface area contributed by atoms with Crippen LogP contribution in [0.25, 0.3) is 0 Å². The summed E-state index contributed by atoms with van der Waals surface area (Å²) >= 11 is 13.4. The smallest absolute Gasteiger partial charge is 0.341 e. The van der Waals surface area contributed by atoms with E-state index in [1.165, 1.54) is 11.3 Å². The van der Waals surface area contributed by atoms with Crippen molar-refractivity contribution in [2.45, 2.75) is 51.0 Å². The summed E-state index contributed by atoms with van der Waals surface area (Å²) in [6.45, 7) is 5.63. The molecule has 0 aliphatic heterocycles. The monoisotopic (exact) mass is 504 g/mol. The maximum Gasteiger partial charge on any atom is 0.341 e. The van der Waals surface area contributed by atoms with E-state index < -0.39 is 26.8 Å². The third-order valence-corrected chi connectivity index (χ3v) is 7.72.